The van der Waals surface area contributed by atoms with Crippen LogP contribution in [0.2, 0.25) is 0 Å². The first-order chi connectivity index (χ1) is 21.5. The molecule has 1 saturated heterocycles. The molecule has 2 aliphatic heterocycles. The molecule has 45 heavy (non-hydrogen) atoms. The predicted octanol–water partition coefficient (Wildman–Crippen LogP) is 5.96. The van der Waals surface area contributed by atoms with Gasteiger partial charge < -0.3 is 29.4 Å². The summed E-state index contributed by atoms with van der Waals surface area (Å²) in [5.74, 6) is -0.546. The molecule has 1 amide bonds. The number of nitrogens with zero attached hydrogens (tertiary/aromatic N) is 1. The van der Waals surface area contributed by atoms with E-state index in [-0.39, 0.29) is 36.8 Å². The minimum absolute atomic E-state index is 0.0293. The van der Waals surface area contributed by atoms with Gasteiger partial charge in [0, 0.05) is 24.1 Å². The van der Waals surface area contributed by atoms with Gasteiger partial charge in [0.25, 0.3) is 0 Å². The van der Waals surface area contributed by atoms with E-state index in [4.69, 9.17) is 18.9 Å². The van der Waals surface area contributed by atoms with E-state index in [9.17, 15) is 14.7 Å². The van der Waals surface area contributed by atoms with E-state index in [0.717, 1.165) is 16.7 Å². The number of carboxylic acid groups (broad SMARTS) is 1. The topological polar surface area (TPSA) is 107 Å². The van der Waals surface area contributed by atoms with Crippen molar-refractivity contribution < 1.29 is 33.6 Å². The minimum atomic E-state index is -0.938. The Labute approximate surface area is 265 Å². The van der Waals surface area contributed by atoms with E-state index >= 15 is 0 Å². The zero-order valence-electron chi connectivity index (χ0n) is 26.7. The summed E-state index contributed by atoms with van der Waals surface area (Å²) >= 11 is 0. The van der Waals surface area contributed by atoms with Gasteiger partial charge in [-0.2, -0.15) is 0 Å². The van der Waals surface area contributed by atoms with E-state index in [1.54, 1.807) is 0 Å². The first-order valence-electron chi connectivity index (χ1n) is 15.6. The molecule has 0 saturated carbocycles. The fourth-order valence-corrected chi connectivity index (χ4v) is 6.39. The lowest BCUT2D eigenvalue weighted by molar-refractivity contribution is -0.143. The van der Waals surface area contributed by atoms with Gasteiger partial charge in [-0.1, -0.05) is 75.4 Å². The Hall–Kier alpha value is -4.08. The largest absolute Gasteiger partial charge is 0.491 e. The van der Waals surface area contributed by atoms with E-state index in [2.05, 4.69) is 26.1 Å². The molecule has 9 heteroatoms. The van der Waals surface area contributed by atoms with Crippen LogP contribution in [0.4, 0.5) is 0 Å². The number of rotatable bonds is 12. The Morgan fingerprint density at radius 1 is 0.978 bits per heavy atom. The SMILES string of the molecule is CC(C)OCCOc1ccc([C@H]2[C@H](C(=O)O)[C@@H](c3cccc4c3OCO4)CN2CC(=O)NC(c2ccccc2)C(C)(C)C)cc1. The summed E-state index contributed by atoms with van der Waals surface area (Å²) in [7, 11) is 0. The summed E-state index contributed by atoms with van der Waals surface area (Å²) in [6.07, 6.45) is 0.122. The lowest BCUT2D eigenvalue weighted by Crippen LogP contribution is -2.43. The van der Waals surface area contributed by atoms with E-state index < -0.39 is 23.8 Å². The molecule has 0 aliphatic carbocycles. The molecule has 3 aromatic rings. The Morgan fingerprint density at radius 3 is 2.38 bits per heavy atom. The first-order valence-corrected chi connectivity index (χ1v) is 15.6. The van der Waals surface area contributed by atoms with Gasteiger partial charge in [0.1, 0.15) is 12.4 Å². The van der Waals surface area contributed by atoms with Crippen LogP contribution in [-0.4, -0.2) is 61.1 Å². The van der Waals surface area contributed by atoms with Crippen LogP contribution < -0.4 is 19.5 Å². The second-order valence-corrected chi connectivity index (χ2v) is 13.0. The third-order valence-corrected chi connectivity index (χ3v) is 8.39. The van der Waals surface area contributed by atoms with Gasteiger partial charge in [0.2, 0.25) is 12.7 Å². The maximum absolute atomic E-state index is 13.8. The molecule has 1 unspecified atom stereocenters. The molecule has 2 N–H and O–H groups in total. The van der Waals surface area contributed by atoms with Crippen molar-refractivity contribution in [3.63, 3.8) is 0 Å². The Bertz CT molecular complexity index is 1450. The number of benzene rings is 3. The Kier molecular flexibility index (Phi) is 9.99. The quantitative estimate of drug-likeness (QED) is 0.240. The van der Waals surface area contributed by atoms with Crippen LogP contribution in [0.3, 0.4) is 0 Å². The second-order valence-electron chi connectivity index (χ2n) is 13.0. The van der Waals surface area contributed by atoms with Gasteiger partial charge in [-0.05, 0) is 48.6 Å². The maximum atomic E-state index is 13.8. The van der Waals surface area contributed by atoms with Crippen molar-refractivity contribution in [3.05, 3.63) is 89.5 Å². The highest BCUT2D eigenvalue weighted by atomic mass is 16.7. The van der Waals surface area contributed by atoms with Gasteiger partial charge in [0.05, 0.1) is 31.2 Å². The summed E-state index contributed by atoms with van der Waals surface area (Å²) in [4.78, 5) is 28.8. The fourth-order valence-electron chi connectivity index (χ4n) is 6.39. The van der Waals surface area contributed by atoms with Crippen molar-refractivity contribution in [2.75, 3.05) is 33.1 Å². The van der Waals surface area contributed by atoms with Gasteiger partial charge in [0.15, 0.2) is 11.5 Å². The molecule has 5 rings (SSSR count). The number of fused-ring (bicyclic) bond motifs is 1. The van der Waals surface area contributed by atoms with Crippen molar-refractivity contribution in [1.29, 1.82) is 0 Å². The highest BCUT2D eigenvalue weighted by Crippen LogP contribution is 2.50. The molecule has 9 nitrogen and oxygen atoms in total. The van der Waals surface area contributed by atoms with Gasteiger partial charge in [-0.15, -0.1) is 0 Å². The summed E-state index contributed by atoms with van der Waals surface area (Å²) in [6.45, 7) is 11.6. The van der Waals surface area contributed by atoms with Crippen LogP contribution in [0.1, 0.15) is 69.3 Å². The van der Waals surface area contributed by atoms with Gasteiger partial charge in [-0.3, -0.25) is 14.5 Å². The predicted molar refractivity (Wildman–Crippen MR) is 171 cm³/mol. The van der Waals surface area contributed by atoms with E-state index in [1.165, 1.54) is 0 Å². The zero-order valence-corrected chi connectivity index (χ0v) is 26.7. The number of carbonyl (C=O) groups is 2. The molecule has 0 radical (unpaired) electrons. The molecular weight excluding hydrogens is 572 g/mol. The molecule has 240 valence electrons. The van der Waals surface area contributed by atoms with E-state index in [1.807, 2.05) is 91.5 Å². The standard InChI is InChI=1S/C36H44N2O7/c1-23(2)42-18-19-43-26-16-14-24(15-17-26)32-31(35(40)41)28(27-12-9-13-29-33(27)45-22-44-29)20-38(32)21-30(39)37-34(36(3,4)5)25-10-7-6-8-11-25/h6-17,23,28,31-32,34H,18-22H2,1-5H3,(H,37,39)(H,40,41)/t28-,31-,32+,34?/m1/s1. The third kappa shape index (κ3) is 7.60. The second kappa shape index (κ2) is 13.9. The number of carbonyl (C=O) groups excluding carboxylic acids is 1. The number of likely N-dealkylation sites (tertiary alicyclic amines) is 1. The molecule has 2 aliphatic rings. The van der Waals surface area contributed by atoms with Crippen molar-refractivity contribution in [1.82, 2.24) is 10.2 Å². The molecule has 0 bridgehead atoms. The molecule has 2 heterocycles. The number of aliphatic carboxylic acids is 1. The minimum Gasteiger partial charge on any atom is -0.491 e. The summed E-state index contributed by atoms with van der Waals surface area (Å²) < 4.78 is 22.8. The molecule has 4 atom stereocenters. The van der Waals surface area contributed by atoms with Crippen LogP contribution in [0, 0.1) is 11.3 Å². The molecule has 3 aromatic carbocycles. The average Bonchev–Trinajstić information content (AvgIpc) is 3.63. The maximum Gasteiger partial charge on any atom is 0.309 e. The van der Waals surface area contributed by atoms with Crippen LogP contribution in [-0.2, 0) is 14.3 Å². The normalized spacial score (nSPS) is 20.3. The fraction of sp³-hybridized carbons (Fsp3) is 0.444. The summed E-state index contributed by atoms with van der Waals surface area (Å²) in [5, 5.41) is 13.9. The highest BCUT2D eigenvalue weighted by Gasteiger charge is 2.49. The van der Waals surface area contributed by atoms with Crippen LogP contribution in [0.15, 0.2) is 72.8 Å². The van der Waals surface area contributed by atoms with Crippen LogP contribution in [0.5, 0.6) is 17.2 Å². The molecule has 1 fully saturated rings. The summed E-state index contributed by atoms with van der Waals surface area (Å²) in [5.41, 5.74) is 2.34. The van der Waals surface area contributed by atoms with Gasteiger partial charge >= 0.3 is 5.97 Å². The number of ether oxygens (including phenoxy) is 4. The number of hydrogen-bond acceptors (Lipinski definition) is 7. The Morgan fingerprint density at radius 2 is 1.71 bits per heavy atom. The van der Waals surface area contributed by atoms with Crippen molar-refractivity contribution in [2.24, 2.45) is 11.3 Å². The molecule has 0 spiro atoms. The smallest absolute Gasteiger partial charge is 0.309 e. The number of nitrogens with one attached hydrogen (secondary N) is 1. The lowest BCUT2D eigenvalue weighted by Gasteiger charge is -2.33. The van der Waals surface area contributed by atoms with Crippen molar-refractivity contribution >= 4 is 11.9 Å². The molecule has 0 aromatic heterocycles. The van der Waals surface area contributed by atoms with E-state index in [0.29, 0.717) is 37.0 Å². The summed E-state index contributed by atoms with van der Waals surface area (Å²) in [6, 6.07) is 22.2. The molecular formula is C36H44N2O7. The third-order valence-electron chi connectivity index (χ3n) is 8.39. The number of amides is 1. The number of para-hydroxylation sites is 1. The average molecular weight is 617 g/mol. The lowest BCUT2D eigenvalue weighted by atomic mass is 9.82. The number of carboxylic acids is 1. The monoisotopic (exact) mass is 616 g/mol. The first kappa shape index (κ1) is 32.3. The Balaban J connectivity index is 1.44. The van der Waals surface area contributed by atoms with Gasteiger partial charge in [-0.25, -0.2) is 0 Å². The van der Waals surface area contributed by atoms with Crippen LogP contribution in [0.25, 0.3) is 0 Å². The van der Waals surface area contributed by atoms with Crippen molar-refractivity contribution in [2.45, 2.75) is 58.7 Å². The number of hydrogen-bond donors (Lipinski definition) is 2. The highest BCUT2D eigenvalue weighted by molar-refractivity contribution is 5.80. The zero-order chi connectivity index (χ0) is 32.1. The van der Waals surface area contributed by atoms with Crippen molar-refractivity contribution in [3.8, 4) is 17.2 Å². The van der Waals surface area contributed by atoms with Crippen LogP contribution >= 0.6 is 0 Å².